The first-order valence-electron chi connectivity index (χ1n) is 11.4. The van der Waals surface area contributed by atoms with Gasteiger partial charge in [-0.05, 0) is 43.2 Å². The molecule has 3 N–H and O–H groups in total. The van der Waals surface area contributed by atoms with E-state index in [1.165, 1.54) is 18.3 Å². The lowest BCUT2D eigenvalue weighted by Crippen LogP contribution is -2.27. The Morgan fingerprint density at radius 1 is 1.00 bits per heavy atom. The first kappa shape index (κ1) is 25.5. The maximum Gasteiger partial charge on any atom is 0.276 e. The van der Waals surface area contributed by atoms with Crippen molar-refractivity contribution < 1.29 is 13.6 Å². The predicted octanol–water partition coefficient (Wildman–Crippen LogP) is 4.43. The Labute approximate surface area is 202 Å². The van der Waals surface area contributed by atoms with E-state index in [9.17, 15) is 18.4 Å². The molecule has 4 rings (SSSR count). The lowest BCUT2D eigenvalue weighted by Gasteiger charge is -2.25. The van der Waals surface area contributed by atoms with Crippen LogP contribution in [0.4, 0.5) is 25.8 Å². The number of benzene rings is 2. The number of halogens is 2. The highest BCUT2D eigenvalue weighted by atomic mass is 19.1. The summed E-state index contributed by atoms with van der Waals surface area (Å²) in [4.78, 5) is 27.4. The molecule has 1 aliphatic rings. The van der Waals surface area contributed by atoms with Crippen molar-refractivity contribution in [1.29, 1.82) is 5.41 Å². The molecule has 0 spiro atoms. The molecule has 1 saturated heterocycles. The Bertz CT molecular complexity index is 1270. The molecular weight excluding hydrogens is 454 g/mol. The van der Waals surface area contributed by atoms with E-state index in [4.69, 9.17) is 5.41 Å². The Balaban J connectivity index is 0.00000167. The third-order valence-electron chi connectivity index (χ3n) is 5.48. The van der Waals surface area contributed by atoms with Gasteiger partial charge in [0.15, 0.2) is 11.6 Å². The standard InChI is InChI=1S/C23H22F2N6O2.C2H6/c1-27-17-7-8-18(21(14(17)13-26)30-11-2-3-12-30)28-23(33)19-9-10-20(32)31(29-19)22-15(24)5-4-6-16(22)25;1-2/h4-10,13,26-27H,2-3,11-12H2,1H3,(H,28,33);1-2H3. The second kappa shape index (κ2) is 11.4. The summed E-state index contributed by atoms with van der Waals surface area (Å²) in [5.74, 6) is -2.61. The molecule has 10 heteroatoms. The summed E-state index contributed by atoms with van der Waals surface area (Å²) in [6, 6.07) is 8.87. The maximum atomic E-state index is 14.2. The first-order chi connectivity index (χ1) is 16.9. The van der Waals surface area contributed by atoms with Crippen LogP contribution in [0.3, 0.4) is 0 Å². The summed E-state index contributed by atoms with van der Waals surface area (Å²) in [5.41, 5.74) is 0.915. The van der Waals surface area contributed by atoms with Crippen molar-refractivity contribution >= 4 is 29.2 Å². The number of amides is 1. The van der Waals surface area contributed by atoms with E-state index in [1.807, 2.05) is 13.8 Å². The minimum absolute atomic E-state index is 0.196. The summed E-state index contributed by atoms with van der Waals surface area (Å²) in [5, 5.41) is 17.6. The normalized spacial score (nSPS) is 12.5. The molecule has 1 aromatic heterocycles. The van der Waals surface area contributed by atoms with Crippen LogP contribution in [0.5, 0.6) is 0 Å². The van der Waals surface area contributed by atoms with Gasteiger partial charge in [0.05, 0.1) is 11.4 Å². The van der Waals surface area contributed by atoms with E-state index in [-0.39, 0.29) is 5.69 Å². The van der Waals surface area contributed by atoms with Crippen molar-refractivity contribution in [3.05, 3.63) is 75.7 Å². The number of carbonyl (C=O) groups excluding carboxylic acids is 1. The fourth-order valence-corrected chi connectivity index (χ4v) is 3.92. The Morgan fingerprint density at radius 3 is 2.23 bits per heavy atom. The second-order valence-electron chi connectivity index (χ2n) is 7.50. The van der Waals surface area contributed by atoms with Crippen LogP contribution in [0.2, 0.25) is 0 Å². The van der Waals surface area contributed by atoms with Crippen molar-refractivity contribution in [3.8, 4) is 5.69 Å². The Hall–Kier alpha value is -4.08. The number of aromatic nitrogens is 2. The topological polar surface area (TPSA) is 103 Å². The number of nitrogens with one attached hydrogen (secondary N) is 3. The third-order valence-corrected chi connectivity index (χ3v) is 5.48. The summed E-state index contributed by atoms with van der Waals surface area (Å²) in [6.45, 7) is 5.57. The zero-order chi connectivity index (χ0) is 25.5. The lowest BCUT2D eigenvalue weighted by atomic mass is 10.1. The molecule has 8 nitrogen and oxygen atoms in total. The van der Waals surface area contributed by atoms with Crippen molar-refractivity contribution in [2.45, 2.75) is 26.7 Å². The fourth-order valence-electron chi connectivity index (χ4n) is 3.92. The molecule has 0 saturated carbocycles. The molecule has 0 unspecified atom stereocenters. The molecule has 1 fully saturated rings. The van der Waals surface area contributed by atoms with E-state index in [1.54, 1.807) is 19.2 Å². The number of rotatable bonds is 6. The van der Waals surface area contributed by atoms with Crippen LogP contribution in [0.25, 0.3) is 5.69 Å². The Kier molecular flexibility index (Phi) is 8.30. The van der Waals surface area contributed by atoms with Crippen molar-refractivity contribution in [2.75, 3.05) is 35.7 Å². The molecule has 1 amide bonds. The van der Waals surface area contributed by atoms with E-state index in [2.05, 4.69) is 20.6 Å². The number of nitrogens with zero attached hydrogens (tertiary/aromatic N) is 3. The third kappa shape index (κ3) is 5.21. The van der Waals surface area contributed by atoms with Crippen LogP contribution in [0.15, 0.2) is 47.3 Å². The highest BCUT2D eigenvalue weighted by Gasteiger charge is 2.23. The number of hydrogen-bond acceptors (Lipinski definition) is 6. The van der Waals surface area contributed by atoms with E-state index in [0.717, 1.165) is 49.8 Å². The molecule has 0 aliphatic carbocycles. The van der Waals surface area contributed by atoms with E-state index < -0.39 is 28.8 Å². The molecule has 0 atom stereocenters. The molecule has 3 aromatic rings. The Morgan fingerprint density at radius 2 is 1.63 bits per heavy atom. The van der Waals surface area contributed by atoms with Crippen LogP contribution in [0, 0.1) is 17.0 Å². The highest BCUT2D eigenvalue weighted by Crippen LogP contribution is 2.36. The average Bonchev–Trinajstić information content (AvgIpc) is 3.40. The second-order valence-corrected chi connectivity index (χ2v) is 7.50. The van der Waals surface area contributed by atoms with Crippen LogP contribution in [-0.4, -0.2) is 42.0 Å². The molecule has 184 valence electrons. The van der Waals surface area contributed by atoms with Gasteiger partial charge in [-0.25, -0.2) is 8.78 Å². The molecule has 0 radical (unpaired) electrons. The largest absolute Gasteiger partial charge is 0.388 e. The van der Waals surface area contributed by atoms with Gasteiger partial charge in [-0.15, -0.1) is 0 Å². The molecular formula is C25H28F2N6O2. The molecule has 2 aromatic carbocycles. The van der Waals surface area contributed by atoms with E-state index in [0.29, 0.717) is 21.6 Å². The molecule has 2 heterocycles. The van der Waals surface area contributed by atoms with Gasteiger partial charge in [-0.2, -0.15) is 9.78 Å². The lowest BCUT2D eigenvalue weighted by molar-refractivity contribution is 0.102. The minimum atomic E-state index is -0.975. The highest BCUT2D eigenvalue weighted by molar-refractivity contribution is 6.08. The van der Waals surface area contributed by atoms with Gasteiger partial charge in [0.2, 0.25) is 0 Å². The van der Waals surface area contributed by atoms with Gasteiger partial charge in [-0.1, -0.05) is 19.9 Å². The van der Waals surface area contributed by atoms with Gasteiger partial charge in [-0.3, -0.25) is 9.59 Å². The summed E-state index contributed by atoms with van der Waals surface area (Å²) in [7, 11) is 1.75. The number of anilines is 3. The SMILES string of the molecule is CC.CNc1ccc(NC(=O)c2ccc(=O)n(-c3c(F)cccc3F)n2)c(N2CCCC2)c1C=N. The number of hydrogen-bond donors (Lipinski definition) is 3. The van der Waals surface area contributed by atoms with Gasteiger partial charge in [0, 0.05) is 43.7 Å². The van der Waals surface area contributed by atoms with Crippen LogP contribution >= 0.6 is 0 Å². The van der Waals surface area contributed by atoms with Crippen LogP contribution in [-0.2, 0) is 0 Å². The first-order valence-corrected chi connectivity index (χ1v) is 11.4. The summed E-state index contributed by atoms with van der Waals surface area (Å²) >= 11 is 0. The van der Waals surface area contributed by atoms with Crippen molar-refractivity contribution in [3.63, 3.8) is 0 Å². The molecule has 1 aliphatic heterocycles. The fraction of sp³-hybridized carbons (Fsp3) is 0.280. The quantitative estimate of drug-likeness (QED) is 0.451. The molecule has 35 heavy (non-hydrogen) atoms. The monoisotopic (exact) mass is 482 g/mol. The summed E-state index contributed by atoms with van der Waals surface area (Å²) in [6.07, 6.45) is 3.22. The van der Waals surface area contributed by atoms with Crippen molar-refractivity contribution in [1.82, 2.24) is 9.78 Å². The summed E-state index contributed by atoms with van der Waals surface area (Å²) < 4.78 is 28.9. The van der Waals surface area contributed by atoms with Crippen LogP contribution in [0.1, 0.15) is 42.7 Å². The molecule has 0 bridgehead atoms. The van der Waals surface area contributed by atoms with Gasteiger partial charge >= 0.3 is 0 Å². The van der Waals surface area contributed by atoms with Crippen molar-refractivity contribution in [2.24, 2.45) is 0 Å². The zero-order valence-electron chi connectivity index (χ0n) is 19.9. The van der Waals surface area contributed by atoms with Gasteiger partial charge < -0.3 is 20.9 Å². The smallest absolute Gasteiger partial charge is 0.276 e. The zero-order valence-corrected chi connectivity index (χ0v) is 19.9. The number of para-hydroxylation sites is 1. The maximum absolute atomic E-state index is 14.2. The van der Waals surface area contributed by atoms with Crippen LogP contribution < -0.4 is 21.1 Å². The van der Waals surface area contributed by atoms with E-state index >= 15 is 0 Å². The average molecular weight is 483 g/mol. The van der Waals surface area contributed by atoms with Gasteiger partial charge in [0.25, 0.3) is 11.5 Å². The number of carbonyl (C=O) groups is 1. The predicted molar refractivity (Wildman–Crippen MR) is 134 cm³/mol. The van der Waals surface area contributed by atoms with Gasteiger partial charge in [0.1, 0.15) is 11.4 Å². The minimum Gasteiger partial charge on any atom is -0.388 e.